The van der Waals surface area contributed by atoms with E-state index in [4.69, 9.17) is 0 Å². The highest BCUT2D eigenvalue weighted by Crippen LogP contribution is 2.27. The molecule has 0 amide bonds. The van der Waals surface area contributed by atoms with Gasteiger partial charge in [0.1, 0.15) is 0 Å². The van der Waals surface area contributed by atoms with Gasteiger partial charge in [0.2, 0.25) is 0 Å². The van der Waals surface area contributed by atoms with Crippen molar-refractivity contribution in [1.82, 2.24) is 10.2 Å². The first kappa shape index (κ1) is 13.0. The maximum absolute atomic E-state index is 3.42. The zero-order valence-corrected chi connectivity index (χ0v) is 11.0. The van der Waals surface area contributed by atoms with Crippen LogP contribution in [0, 0.1) is 0 Å². The van der Waals surface area contributed by atoms with Crippen LogP contribution in [0.4, 0.5) is 0 Å². The first-order chi connectivity index (χ1) is 7.10. The summed E-state index contributed by atoms with van der Waals surface area (Å²) in [6, 6.07) is 0.724. The molecule has 0 saturated carbocycles. The molecule has 0 spiro atoms. The van der Waals surface area contributed by atoms with E-state index in [-0.39, 0.29) is 0 Å². The van der Waals surface area contributed by atoms with Crippen molar-refractivity contribution in [3.8, 4) is 0 Å². The monoisotopic (exact) mass is 212 g/mol. The molecule has 1 rings (SSSR count). The summed E-state index contributed by atoms with van der Waals surface area (Å²) in [6.45, 7) is 9.61. The third-order valence-corrected chi connectivity index (χ3v) is 3.79. The molecule has 1 atom stereocenters. The quantitative estimate of drug-likeness (QED) is 0.705. The summed E-state index contributed by atoms with van der Waals surface area (Å²) >= 11 is 0. The van der Waals surface area contributed by atoms with Gasteiger partial charge in [-0.15, -0.1) is 0 Å². The molecule has 1 N–H and O–H groups in total. The van der Waals surface area contributed by atoms with Crippen molar-refractivity contribution in [2.24, 2.45) is 0 Å². The molecule has 1 fully saturated rings. The van der Waals surface area contributed by atoms with Crippen LogP contribution < -0.4 is 5.32 Å². The molecular formula is C13H28N2. The lowest BCUT2D eigenvalue weighted by Gasteiger charge is -2.45. The standard InChI is InChI=1S/C13H28N2/c1-5-6-7-9-15-10-8-12(14-4)11-13(15,2)3/h12,14H,5-11H2,1-4H3. The number of hydrogen-bond donors (Lipinski definition) is 1. The van der Waals surface area contributed by atoms with Gasteiger partial charge in [-0.25, -0.2) is 0 Å². The molecule has 2 nitrogen and oxygen atoms in total. The molecule has 0 radical (unpaired) electrons. The Morgan fingerprint density at radius 3 is 2.60 bits per heavy atom. The Labute approximate surface area is 95.4 Å². The third kappa shape index (κ3) is 3.76. The van der Waals surface area contributed by atoms with Crippen LogP contribution in [0.3, 0.4) is 0 Å². The van der Waals surface area contributed by atoms with Gasteiger partial charge in [0.25, 0.3) is 0 Å². The van der Waals surface area contributed by atoms with E-state index in [1.165, 1.54) is 45.2 Å². The average molecular weight is 212 g/mol. The summed E-state index contributed by atoms with van der Waals surface area (Å²) in [5.41, 5.74) is 0.389. The summed E-state index contributed by atoms with van der Waals surface area (Å²) in [7, 11) is 2.09. The van der Waals surface area contributed by atoms with Crippen LogP contribution in [0.1, 0.15) is 52.9 Å². The second kappa shape index (κ2) is 5.86. The first-order valence-electron chi connectivity index (χ1n) is 6.52. The van der Waals surface area contributed by atoms with Crippen LogP contribution in [-0.4, -0.2) is 36.6 Å². The van der Waals surface area contributed by atoms with Crippen LogP contribution in [0.25, 0.3) is 0 Å². The fourth-order valence-corrected chi connectivity index (χ4v) is 2.66. The van der Waals surface area contributed by atoms with E-state index in [2.05, 4.69) is 38.0 Å². The maximum Gasteiger partial charge on any atom is 0.0168 e. The van der Waals surface area contributed by atoms with Crippen LogP contribution in [0.2, 0.25) is 0 Å². The second-order valence-electron chi connectivity index (χ2n) is 5.48. The highest BCUT2D eigenvalue weighted by molar-refractivity contribution is 4.91. The van der Waals surface area contributed by atoms with Gasteiger partial charge in [0.05, 0.1) is 0 Å². The number of piperidine rings is 1. The summed E-state index contributed by atoms with van der Waals surface area (Å²) in [5.74, 6) is 0. The summed E-state index contributed by atoms with van der Waals surface area (Å²) < 4.78 is 0. The number of unbranched alkanes of at least 4 members (excludes halogenated alkanes) is 2. The number of nitrogens with one attached hydrogen (secondary N) is 1. The zero-order valence-electron chi connectivity index (χ0n) is 11.0. The maximum atomic E-state index is 3.42. The predicted molar refractivity (Wildman–Crippen MR) is 67.3 cm³/mol. The van der Waals surface area contributed by atoms with Gasteiger partial charge in [-0.05, 0) is 46.7 Å². The number of likely N-dealkylation sites (tertiary alicyclic amines) is 1. The van der Waals surface area contributed by atoms with Crippen molar-refractivity contribution < 1.29 is 0 Å². The van der Waals surface area contributed by atoms with Gasteiger partial charge in [-0.1, -0.05) is 19.8 Å². The van der Waals surface area contributed by atoms with E-state index in [1.54, 1.807) is 0 Å². The Bertz CT molecular complexity index is 175. The Balaban J connectivity index is 2.38. The molecule has 0 bridgehead atoms. The highest BCUT2D eigenvalue weighted by atomic mass is 15.2. The minimum Gasteiger partial charge on any atom is -0.317 e. The molecule has 0 aromatic heterocycles. The van der Waals surface area contributed by atoms with Crippen LogP contribution in [-0.2, 0) is 0 Å². The lowest BCUT2D eigenvalue weighted by Crippen LogP contribution is -2.54. The number of hydrogen-bond acceptors (Lipinski definition) is 2. The van der Waals surface area contributed by atoms with Crippen molar-refractivity contribution in [3.05, 3.63) is 0 Å². The predicted octanol–water partition coefficient (Wildman–Crippen LogP) is 2.64. The normalized spacial score (nSPS) is 26.8. The minimum atomic E-state index is 0.389. The topological polar surface area (TPSA) is 15.3 Å². The molecule has 2 heteroatoms. The van der Waals surface area contributed by atoms with E-state index in [0.717, 1.165) is 6.04 Å². The largest absolute Gasteiger partial charge is 0.317 e. The average Bonchev–Trinajstić information content (AvgIpc) is 2.20. The fourth-order valence-electron chi connectivity index (χ4n) is 2.66. The van der Waals surface area contributed by atoms with E-state index in [0.29, 0.717) is 5.54 Å². The van der Waals surface area contributed by atoms with Crippen LogP contribution in [0.5, 0.6) is 0 Å². The number of rotatable bonds is 5. The molecule has 15 heavy (non-hydrogen) atoms. The Morgan fingerprint density at radius 1 is 1.33 bits per heavy atom. The lowest BCUT2D eigenvalue weighted by atomic mass is 9.87. The molecule has 0 aromatic carbocycles. The van der Waals surface area contributed by atoms with E-state index < -0.39 is 0 Å². The smallest absolute Gasteiger partial charge is 0.0168 e. The van der Waals surface area contributed by atoms with E-state index in [9.17, 15) is 0 Å². The first-order valence-corrected chi connectivity index (χ1v) is 6.52. The Hall–Kier alpha value is -0.0800. The summed E-state index contributed by atoms with van der Waals surface area (Å²) in [5, 5.41) is 3.42. The minimum absolute atomic E-state index is 0.389. The van der Waals surface area contributed by atoms with Gasteiger partial charge in [0, 0.05) is 18.1 Å². The highest BCUT2D eigenvalue weighted by Gasteiger charge is 2.33. The van der Waals surface area contributed by atoms with Crippen molar-refractivity contribution >= 4 is 0 Å². The molecule has 90 valence electrons. The summed E-state index contributed by atoms with van der Waals surface area (Å²) in [6.07, 6.45) is 6.67. The van der Waals surface area contributed by atoms with Crippen LogP contribution >= 0.6 is 0 Å². The van der Waals surface area contributed by atoms with E-state index >= 15 is 0 Å². The van der Waals surface area contributed by atoms with Gasteiger partial charge < -0.3 is 5.32 Å². The van der Waals surface area contributed by atoms with Crippen LogP contribution in [0.15, 0.2) is 0 Å². The van der Waals surface area contributed by atoms with Gasteiger partial charge in [-0.2, -0.15) is 0 Å². The third-order valence-electron chi connectivity index (χ3n) is 3.79. The molecule has 1 aliphatic heterocycles. The van der Waals surface area contributed by atoms with Crippen molar-refractivity contribution in [3.63, 3.8) is 0 Å². The molecule has 1 aliphatic rings. The Kier molecular flexibility index (Phi) is 5.07. The van der Waals surface area contributed by atoms with E-state index in [1.807, 2.05) is 0 Å². The SMILES string of the molecule is CCCCCN1CCC(NC)CC1(C)C. The van der Waals surface area contributed by atoms with Gasteiger partial charge in [-0.3, -0.25) is 4.90 Å². The second-order valence-corrected chi connectivity index (χ2v) is 5.48. The molecule has 1 unspecified atom stereocenters. The lowest BCUT2D eigenvalue weighted by molar-refractivity contribution is 0.0587. The van der Waals surface area contributed by atoms with Crippen molar-refractivity contribution in [2.45, 2.75) is 64.5 Å². The van der Waals surface area contributed by atoms with Crippen molar-refractivity contribution in [1.29, 1.82) is 0 Å². The molecule has 0 aliphatic carbocycles. The van der Waals surface area contributed by atoms with Gasteiger partial charge >= 0.3 is 0 Å². The molecule has 1 saturated heterocycles. The number of nitrogens with zero attached hydrogens (tertiary/aromatic N) is 1. The molecule has 0 aromatic rings. The van der Waals surface area contributed by atoms with Crippen molar-refractivity contribution in [2.75, 3.05) is 20.1 Å². The molecule has 1 heterocycles. The molecular weight excluding hydrogens is 184 g/mol. The Morgan fingerprint density at radius 2 is 2.07 bits per heavy atom. The van der Waals surface area contributed by atoms with Gasteiger partial charge in [0.15, 0.2) is 0 Å². The fraction of sp³-hybridized carbons (Fsp3) is 1.00. The zero-order chi connectivity index (χ0) is 11.3. The summed E-state index contributed by atoms with van der Waals surface area (Å²) in [4.78, 5) is 2.68.